The van der Waals surface area contributed by atoms with Crippen LogP contribution in [0.5, 0.6) is 0 Å². The second kappa shape index (κ2) is 4.80. The van der Waals surface area contributed by atoms with Crippen molar-refractivity contribution in [2.24, 2.45) is 0 Å². The zero-order valence-corrected chi connectivity index (χ0v) is 8.91. The maximum atomic E-state index is 11.2. The van der Waals surface area contributed by atoms with Gasteiger partial charge in [-0.3, -0.25) is 0 Å². The van der Waals surface area contributed by atoms with E-state index in [0.717, 1.165) is 17.6 Å². The van der Waals surface area contributed by atoms with Crippen LogP contribution >= 0.6 is 0 Å². The normalized spacial score (nSPS) is 23.6. The Morgan fingerprint density at radius 2 is 1.93 bits per heavy atom. The van der Waals surface area contributed by atoms with Gasteiger partial charge in [0.05, 0.1) is 5.57 Å². The van der Waals surface area contributed by atoms with Gasteiger partial charge in [-0.05, 0) is 13.3 Å². The van der Waals surface area contributed by atoms with E-state index >= 15 is 0 Å². The fourth-order valence-corrected chi connectivity index (χ4v) is 1.47. The molecule has 0 saturated heterocycles. The third-order valence-electron chi connectivity index (χ3n) is 2.11. The van der Waals surface area contributed by atoms with Crippen molar-refractivity contribution in [3.63, 3.8) is 0 Å². The first-order chi connectivity index (χ1) is 6.79. The summed E-state index contributed by atoms with van der Waals surface area (Å²) in [5.41, 5.74) is 1.73. The van der Waals surface area contributed by atoms with E-state index in [1.54, 1.807) is 0 Å². The lowest BCUT2D eigenvalue weighted by atomic mass is 10.1. The summed E-state index contributed by atoms with van der Waals surface area (Å²) in [6.45, 7) is 5.89. The van der Waals surface area contributed by atoms with E-state index < -0.39 is 0 Å². The number of ether oxygens (including phenoxy) is 1. The Morgan fingerprint density at radius 3 is 2.64 bits per heavy atom. The summed E-state index contributed by atoms with van der Waals surface area (Å²) in [5, 5.41) is 0. The van der Waals surface area contributed by atoms with Crippen LogP contribution in [0.25, 0.3) is 0 Å². The zero-order chi connectivity index (χ0) is 10.6. The minimum atomic E-state index is -0.194. The average Bonchev–Trinajstić information content (AvgIpc) is 2.44. The third-order valence-corrected chi connectivity index (χ3v) is 2.11. The van der Waals surface area contributed by atoms with Crippen molar-refractivity contribution >= 4 is 5.97 Å². The van der Waals surface area contributed by atoms with Gasteiger partial charge in [0.2, 0.25) is 0 Å². The van der Waals surface area contributed by atoms with Gasteiger partial charge in [0.1, 0.15) is 6.10 Å². The van der Waals surface area contributed by atoms with Crippen LogP contribution in [0.4, 0.5) is 0 Å². The predicted molar refractivity (Wildman–Crippen MR) is 56.8 cm³/mol. The quantitative estimate of drug-likeness (QED) is 0.552. The molecule has 1 atom stereocenters. The molecule has 0 aromatic rings. The van der Waals surface area contributed by atoms with Gasteiger partial charge in [-0.25, -0.2) is 4.79 Å². The molecule has 14 heavy (non-hydrogen) atoms. The van der Waals surface area contributed by atoms with Crippen LogP contribution in [-0.2, 0) is 9.53 Å². The Morgan fingerprint density at radius 1 is 1.29 bits per heavy atom. The van der Waals surface area contributed by atoms with Gasteiger partial charge in [-0.1, -0.05) is 38.2 Å². The molecule has 0 bridgehead atoms. The van der Waals surface area contributed by atoms with Gasteiger partial charge < -0.3 is 4.74 Å². The molecule has 1 heterocycles. The molecule has 0 N–H and O–H groups in total. The van der Waals surface area contributed by atoms with Gasteiger partial charge in [-0.2, -0.15) is 0 Å². The van der Waals surface area contributed by atoms with Crippen LogP contribution in [0.2, 0.25) is 0 Å². The number of hydrogen-bond donors (Lipinski definition) is 0. The van der Waals surface area contributed by atoms with Crippen LogP contribution in [0.15, 0.2) is 35.5 Å². The Labute approximate surface area is 85.0 Å². The highest BCUT2D eigenvalue weighted by Crippen LogP contribution is 2.26. The monoisotopic (exact) mass is 192 g/mol. The van der Waals surface area contributed by atoms with Crippen molar-refractivity contribution in [2.75, 3.05) is 0 Å². The molecule has 76 valence electrons. The minimum absolute atomic E-state index is 0.0773. The Balaban J connectivity index is 0.000000461. The molecule has 0 saturated carbocycles. The Kier molecular flexibility index (Phi) is 3.69. The van der Waals surface area contributed by atoms with Gasteiger partial charge in [0.15, 0.2) is 0 Å². The standard InChI is InChI=1S/C10H10O2.C2H6/c1-7-8-5-3-2-4-6-9(8)10(11)12-7;1-2/h3-7H,2H2,1H3;1-2H3. The lowest BCUT2D eigenvalue weighted by molar-refractivity contribution is -0.138. The van der Waals surface area contributed by atoms with Gasteiger partial charge in [0.25, 0.3) is 0 Å². The van der Waals surface area contributed by atoms with E-state index in [4.69, 9.17) is 4.74 Å². The second-order valence-electron chi connectivity index (χ2n) is 2.96. The molecule has 2 nitrogen and oxygen atoms in total. The lowest BCUT2D eigenvalue weighted by Crippen LogP contribution is -2.04. The smallest absolute Gasteiger partial charge is 0.339 e. The zero-order valence-electron chi connectivity index (χ0n) is 8.91. The largest absolute Gasteiger partial charge is 0.454 e. The number of carbonyl (C=O) groups is 1. The molecule has 0 radical (unpaired) electrons. The first-order valence-corrected chi connectivity index (χ1v) is 5.07. The highest BCUT2D eigenvalue weighted by atomic mass is 16.5. The fourth-order valence-electron chi connectivity index (χ4n) is 1.47. The van der Waals surface area contributed by atoms with Crippen LogP contribution in [-0.4, -0.2) is 12.1 Å². The topological polar surface area (TPSA) is 26.3 Å². The molecule has 0 aromatic carbocycles. The van der Waals surface area contributed by atoms with E-state index in [1.807, 2.05) is 45.1 Å². The fraction of sp³-hybridized carbons (Fsp3) is 0.417. The maximum absolute atomic E-state index is 11.2. The first-order valence-electron chi connectivity index (χ1n) is 5.07. The number of allylic oxidation sites excluding steroid dienone is 2. The predicted octanol–water partition coefficient (Wildman–Crippen LogP) is 2.77. The third kappa shape index (κ3) is 1.95. The van der Waals surface area contributed by atoms with Crippen LogP contribution < -0.4 is 0 Å². The summed E-state index contributed by atoms with van der Waals surface area (Å²) in [4.78, 5) is 11.2. The van der Waals surface area contributed by atoms with Crippen LogP contribution in [0.1, 0.15) is 27.2 Å². The average molecular weight is 192 g/mol. The van der Waals surface area contributed by atoms with Crippen molar-refractivity contribution in [3.05, 3.63) is 35.5 Å². The molecule has 1 aliphatic heterocycles. The molecule has 1 aliphatic carbocycles. The Hall–Kier alpha value is -1.31. The number of rotatable bonds is 0. The van der Waals surface area contributed by atoms with E-state index in [2.05, 4.69) is 0 Å². The summed E-state index contributed by atoms with van der Waals surface area (Å²) in [6.07, 6.45) is 8.65. The molecule has 2 heteroatoms. The molecule has 0 spiro atoms. The second-order valence-corrected chi connectivity index (χ2v) is 2.96. The van der Waals surface area contributed by atoms with Crippen molar-refractivity contribution < 1.29 is 9.53 Å². The summed E-state index contributed by atoms with van der Waals surface area (Å²) in [6, 6.07) is 0. The summed E-state index contributed by atoms with van der Waals surface area (Å²) < 4.78 is 5.05. The number of hydrogen-bond acceptors (Lipinski definition) is 2. The summed E-state index contributed by atoms with van der Waals surface area (Å²) >= 11 is 0. The number of esters is 1. The first kappa shape index (κ1) is 10.8. The molecule has 1 unspecified atom stereocenters. The van der Waals surface area contributed by atoms with Crippen LogP contribution in [0, 0.1) is 0 Å². The van der Waals surface area contributed by atoms with E-state index in [-0.39, 0.29) is 12.1 Å². The number of carbonyl (C=O) groups excluding carboxylic acids is 1. The lowest BCUT2D eigenvalue weighted by Gasteiger charge is -2.02. The number of cyclic esters (lactones) is 1. The molecule has 0 aromatic heterocycles. The van der Waals surface area contributed by atoms with Gasteiger partial charge in [-0.15, -0.1) is 0 Å². The molecule has 0 fully saturated rings. The van der Waals surface area contributed by atoms with Crippen molar-refractivity contribution in [3.8, 4) is 0 Å². The van der Waals surface area contributed by atoms with Gasteiger partial charge >= 0.3 is 5.97 Å². The molecular weight excluding hydrogens is 176 g/mol. The van der Waals surface area contributed by atoms with Crippen molar-refractivity contribution in [1.82, 2.24) is 0 Å². The highest BCUT2D eigenvalue weighted by Gasteiger charge is 2.27. The van der Waals surface area contributed by atoms with Crippen LogP contribution in [0.3, 0.4) is 0 Å². The van der Waals surface area contributed by atoms with Crippen molar-refractivity contribution in [2.45, 2.75) is 33.3 Å². The summed E-state index contributed by atoms with van der Waals surface area (Å²) in [5.74, 6) is -0.194. The van der Waals surface area contributed by atoms with E-state index in [1.165, 1.54) is 0 Å². The highest BCUT2D eigenvalue weighted by molar-refractivity contribution is 5.96. The minimum Gasteiger partial charge on any atom is -0.454 e. The van der Waals surface area contributed by atoms with Crippen molar-refractivity contribution in [1.29, 1.82) is 0 Å². The maximum Gasteiger partial charge on any atom is 0.339 e. The SMILES string of the molecule is CC.CC1OC(=O)C2=C1C=CCC=C2. The Bertz CT molecular complexity index is 308. The summed E-state index contributed by atoms with van der Waals surface area (Å²) in [7, 11) is 0. The van der Waals surface area contributed by atoms with Gasteiger partial charge in [0, 0.05) is 5.57 Å². The molecule has 2 aliphatic rings. The molecule has 2 rings (SSSR count). The van der Waals surface area contributed by atoms with E-state index in [0.29, 0.717) is 0 Å². The molecule has 0 amide bonds. The van der Waals surface area contributed by atoms with E-state index in [9.17, 15) is 4.79 Å². The molecular formula is C12H16O2.